The summed E-state index contributed by atoms with van der Waals surface area (Å²) >= 11 is 0. The summed E-state index contributed by atoms with van der Waals surface area (Å²) in [6.45, 7) is 2.06. The Morgan fingerprint density at radius 3 is 2.89 bits per heavy atom. The van der Waals surface area contributed by atoms with Crippen molar-refractivity contribution in [1.29, 1.82) is 0 Å². The first-order chi connectivity index (χ1) is 9.24. The highest BCUT2D eigenvalue weighted by Gasteiger charge is 2.09. The van der Waals surface area contributed by atoms with Crippen molar-refractivity contribution in [2.45, 2.75) is 13.0 Å². The first-order valence-electron chi connectivity index (χ1n) is 6.15. The van der Waals surface area contributed by atoms with Crippen molar-refractivity contribution in [2.75, 3.05) is 11.1 Å². The summed E-state index contributed by atoms with van der Waals surface area (Å²) in [7, 11) is 0. The minimum Gasteiger partial charge on any atom is -0.398 e. The average molecular weight is 253 g/mol. The van der Waals surface area contributed by atoms with Gasteiger partial charge in [0.1, 0.15) is 5.82 Å². The number of nitrogens with two attached hydrogens (primary N) is 1. The summed E-state index contributed by atoms with van der Waals surface area (Å²) in [6, 6.07) is 11.7. The molecule has 0 radical (unpaired) electrons. The minimum atomic E-state index is 0.0964. The minimum absolute atomic E-state index is 0.0964. The zero-order chi connectivity index (χ0) is 13.2. The highest BCUT2D eigenvalue weighted by Crippen LogP contribution is 2.22. The molecule has 1 atom stereocenters. The van der Waals surface area contributed by atoms with E-state index in [1.54, 1.807) is 10.7 Å². The van der Waals surface area contributed by atoms with Gasteiger partial charge in [-0.15, -0.1) is 0 Å². The van der Waals surface area contributed by atoms with E-state index >= 15 is 0 Å². The van der Waals surface area contributed by atoms with Gasteiger partial charge in [0.25, 0.3) is 0 Å². The van der Waals surface area contributed by atoms with Crippen molar-refractivity contribution in [3.63, 3.8) is 0 Å². The smallest absolute Gasteiger partial charge is 0.157 e. The van der Waals surface area contributed by atoms with Crippen LogP contribution in [0.5, 0.6) is 0 Å². The fourth-order valence-electron chi connectivity index (χ4n) is 2.10. The number of para-hydroxylation sites is 1. The van der Waals surface area contributed by atoms with Gasteiger partial charge >= 0.3 is 0 Å². The molecule has 0 saturated carbocycles. The molecule has 0 spiro atoms. The van der Waals surface area contributed by atoms with Gasteiger partial charge in [0.05, 0.1) is 12.2 Å². The highest BCUT2D eigenvalue weighted by atomic mass is 15.2. The van der Waals surface area contributed by atoms with E-state index in [0.29, 0.717) is 0 Å². The maximum atomic E-state index is 5.97. The molecule has 5 nitrogen and oxygen atoms in total. The highest BCUT2D eigenvalue weighted by molar-refractivity contribution is 5.52. The van der Waals surface area contributed by atoms with Crippen molar-refractivity contribution in [3.8, 4) is 0 Å². The van der Waals surface area contributed by atoms with Crippen molar-refractivity contribution in [1.82, 2.24) is 14.6 Å². The Bertz CT molecular complexity index is 704. The molecule has 2 heterocycles. The largest absolute Gasteiger partial charge is 0.398 e. The van der Waals surface area contributed by atoms with Crippen molar-refractivity contribution >= 4 is 17.2 Å². The lowest BCUT2D eigenvalue weighted by atomic mass is 10.1. The normalized spacial score (nSPS) is 12.5. The standard InChI is InChI=1S/C14H15N5/c1-10(11-4-2-3-5-12(11)15)17-13-7-9-19-14(18-13)6-8-16-19/h2-10H,15H2,1H3,(H,17,18). The molecule has 3 aromatic rings. The van der Waals surface area contributed by atoms with Crippen LogP contribution in [0, 0.1) is 0 Å². The van der Waals surface area contributed by atoms with E-state index in [1.807, 2.05) is 42.6 Å². The third kappa shape index (κ3) is 2.22. The molecule has 0 fully saturated rings. The fraction of sp³-hybridized carbons (Fsp3) is 0.143. The Labute approximate surface area is 111 Å². The lowest BCUT2D eigenvalue weighted by molar-refractivity contribution is 0.869. The maximum absolute atomic E-state index is 5.97. The van der Waals surface area contributed by atoms with E-state index in [2.05, 4.69) is 22.3 Å². The summed E-state index contributed by atoms with van der Waals surface area (Å²) in [5, 5.41) is 7.47. The SMILES string of the molecule is CC(Nc1ccn2nccc2n1)c1ccccc1N. The zero-order valence-electron chi connectivity index (χ0n) is 10.6. The van der Waals surface area contributed by atoms with Crippen LogP contribution < -0.4 is 11.1 Å². The number of hydrogen-bond acceptors (Lipinski definition) is 4. The molecule has 0 bridgehead atoms. The Balaban J connectivity index is 1.86. The molecule has 1 unspecified atom stereocenters. The van der Waals surface area contributed by atoms with Crippen molar-refractivity contribution in [3.05, 3.63) is 54.4 Å². The fourth-order valence-corrected chi connectivity index (χ4v) is 2.10. The van der Waals surface area contributed by atoms with Crippen LogP contribution in [0.25, 0.3) is 5.65 Å². The second-order valence-corrected chi connectivity index (χ2v) is 4.44. The van der Waals surface area contributed by atoms with Crippen LogP contribution >= 0.6 is 0 Å². The van der Waals surface area contributed by atoms with E-state index in [9.17, 15) is 0 Å². The molecular weight excluding hydrogens is 238 g/mol. The topological polar surface area (TPSA) is 68.2 Å². The number of nitrogens with one attached hydrogen (secondary N) is 1. The number of aromatic nitrogens is 3. The number of hydrogen-bond donors (Lipinski definition) is 2. The quantitative estimate of drug-likeness (QED) is 0.704. The van der Waals surface area contributed by atoms with Gasteiger partial charge in [0.15, 0.2) is 5.65 Å². The van der Waals surface area contributed by atoms with Gasteiger partial charge in [0, 0.05) is 18.0 Å². The summed E-state index contributed by atoms with van der Waals surface area (Å²) in [5.74, 6) is 0.809. The number of nitrogens with zero attached hydrogens (tertiary/aromatic N) is 3. The van der Waals surface area contributed by atoms with E-state index in [1.165, 1.54) is 0 Å². The summed E-state index contributed by atoms with van der Waals surface area (Å²) in [5.41, 5.74) is 8.64. The lowest BCUT2D eigenvalue weighted by Crippen LogP contribution is -2.10. The van der Waals surface area contributed by atoms with Gasteiger partial charge in [-0.2, -0.15) is 5.10 Å². The van der Waals surface area contributed by atoms with Crippen LogP contribution in [0.15, 0.2) is 48.8 Å². The van der Waals surface area contributed by atoms with Gasteiger partial charge < -0.3 is 11.1 Å². The Morgan fingerprint density at radius 1 is 1.21 bits per heavy atom. The van der Waals surface area contributed by atoms with Gasteiger partial charge in [-0.1, -0.05) is 18.2 Å². The summed E-state index contributed by atoms with van der Waals surface area (Å²) < 4.78 is 1.73. The van der Waals surface area contributed by atoms with Gasteiger partial charge in [-0.05, 0) is 24.6 Å². The maximum Gasteiger partial charge on any atom is 0.157 e. The molecule has 1 aromatic carbocycles. The monoisotopic (exact) mass is 253 g/mol. The van der Waals surface area contributed by atoms with E-state index < -0.39 is 0 Å². The molecule has 96 valence electrons. The predicted octanol–water partition coefficient (Wildman–Crippen LogP) is 2.48. The lowest BCUT2D eigenvalue weighted by Gasteiger charge is -2.16. The van der Waals surface area contributed by atoms with E-state index in [-0.39, 0.29) is 6.04 Å². The van der Waals surface area contributed by atoms with E-state index in [4.69, 9.17) is 5.73 Å². The van der Waals surface area contributed by atoms with Crippen LogP contribution in [-0.2, 0) is 0 Å². The molecular formula is C14H15N5. The molecule has 3 rings (SSSR count). The Morgan fingerprint density at radius 2 is 2.05 bits per heavy atom. The second-order valence-electron chi connectivity index (χ2n) is 4.44. The molecule has 0 amide bonds. The third-order valence-corrected chi connectivity index (χ3v) is 3.08. The zero-order valence-corrected chi connectivity index (χ0v) is 10.6. The Kier molecular flexibility index (Phi) is 2.79. The van der Waals surface area contributed by atoms with Gasteiger partial charge in [0.2, 0.25) is 0 Å². The number of benzene rings is 1. The first-order valence-corrected chi connectivity index (χ1v) is 6.15. The Hall–Kier alpha value is -2.56. The number of fused-ring (bicyclic) bond motifs is 1. The number of anilines is 2. The van der Waals surface area contributed by atoms with Crippen molar-refractivity contribution in [2.24, 2.45) is 0 Å². The molecule has 0 aliphatic carbocycles. The molecule has 0 saturated heterocycles. The molecule has 0 aliphatic heterocycles. The molecule has 5 heteroatoms. The molecule has 3 N–H and O–H groups in total. The molecule has 2 aromatic heterocycles. The van der Waals surface area contributed by atoms with Gasteiger partial charge in [-0.25, -0.2) is 9.50 Å². The molecule has 0 aliphatic rings. The predicted molar refractivity (Wildman–Crippen MR) is 75.9 cm³/mol. The summed E-state index contributed by atoms with van der Waals surface area (Å²) in [4.78, 5) is 4.48. The van der Waals surface area contributed by atoms with Crippen molar-refractivity contribution < 1.29 is 0 Å². The average Bonchev–Trinajstić information content (AvgIpc) is 2.86. The summed E-state index contributed by atoms with van der Waals surface area (Å²) in [6.07, 6.45) is 3.61. The second kappa shape index (κ2) is 4.61. The van der Waals surface area contributed by atoms with Crippen LogP contribution in [0.4, 0.5) is 11.5 Å². The van der Waals surface area contributed by atoms with Crippen LogP contribution in [0.2, 0.25) is 0 Å². The van der Waals surface area contributed by atoms with Crippen LogP contribution in [-0.4, -0.2) is 14.6 Å². The number of rotatable bonds is 3. The third-order valence-electron chi connectivity index (χ3n) is 3.08. The van der Waals surface area contributed by atoms with Crippen LogP contribution in [0.1, 0.15) is 18.5 Å². The first kappa shape index (κ1) is 11.5. The van der Waals surface area contributed by atoms with E-state index in [0.717, 1.165) is 22.7 Å². The molecule has 19 heavy (non-hydrogen) atoms. The van der Waals surface area contributed by atoms with Gasteiger partial charge in [-0.3, -0.25) is 0 Å². The number of nitrogen functional groups attached to an aromatic ring is 1. The van der Waals surface area contributed by atoms with Crippen LogP contribution in [0.3, 0.4) is 0 Å².